The molecule has 2 rings (SSSR count). The first kappa shape index (κ1) is 11.7. The topological polar surface area (TPSA) is 29.0 Å². The molecule has 0 aliphatic carbocycles. The summed E-state index contributed by atoms with van der Waals surface area (Å²) in [7, 11) is 2.08. The minimum Gasteiger partial charge on any atom is -0.296 e. The fourth-order valence-electron chi connectivity index (χ4n) is 1.50. The van der Waals surface area contributed by atoms with Crippen molar-refractivity contribution in [2.75, 3.05) is 7.05 Å². The number of pyridine rings is 1. The van der Waals surface area contributed by atoms with Gasteiger partial charge < -0.3 is 0 Å². The second kappa shape index (κ2) is 5.52. The quantitative estimate of drug-likeness (QED) is 0.869. The highest BCUT2D eigenvalue weighted by Gasteiger charge is 2.03. The number of hydrogen-bond donors (Lipinski definition) is 0. The summed E-state index contributed by atoms with van der Waals surface area (Å²) < 4.78 is 1.02. The van der Waals surface area contributed by atoms with Crippen molar-refractivity contribution in [1.29, 1.82) is 0 Å². The van der Waals surface area contributed by atoms with E-state index in [1.165, 1.54) is 5.56 Å². The SMILES string of the molecule is CN(Cc1cncc(Br)c1)Cc1cscn1. The predicted octanol–water partition coefficient (Wildman–Crippen LogP) is 2.93. The van der Waals surface area contributed by atoms with Crippen LogP contribution >= 0.6 is 27.3 Å². The van der Waals surface area contributed by atoms with Crippen LogP contribution in [0, 0.1) is 0 Å². The van der Waals surface area contributed by atoms with Gasteiger partial charge in [0.25, 0.3) is 0 Å². The number of aromatic nitrogens is 2. The summed E-state index contributed by atoms with van der Waals surface area (Å²) in [6.07, 6.45) is 3.69. The van der Waals surface area contributed by atoms with Gasteiger partial charge in [-0.25, -0.2) is 4.98 Å². The van der Waals surface area contributed by atoms with E-state index in [-0.39, 0.29) is 0 Å². The van der Waals surface area contributed by atoms with Crippen LogP contribution in [0.25, 0.3) is 0 Å². The van der Waals surface area contributed by atoms with E-state index in [2.05, 4.69) is 49.3 Å². The highest BCUT2D eigenvalue weighted by Crippen LogP contribution is 2.12. The molecule has 0 aliphatic heterocycles. The summed E-state index contributed by atoms with van der Waals surface area (Å²) in [5, 5.41) is 2.08. The van der Waals surface area contributed by atoms with E-state index in [1.54, 1.807) is 17.5 Å². The van der Waals surface area contributed by atoms with Gasteiger partial charge in [-0.2, -0.15) is 0 Å². The first-order valence-corrected chi connectivity index (χ1v) is 6.62. The lowest BCUT2D eigenvalue weighted by molar-refractivity contribution is 0.315. The fourth-order valence-corrected chi connectivity index (χ4v) is 2.46. The molecule has 2 aromatic heterocycles. The molecule has 0 aromatic carbocycles. The molecule has 16 heavy (non-hydrogen) atoms. The average molecular weight is 298 g/mol. The van der Waals surface area contributed by atoms with Gasteiger partial charge in [0.05, 0.1) is 11.2 Å². The van der Waals surface area contributed by atoms with Crippen LogP contribution in [0.3, 0.4) is 0 Å². The summed E-state index contributed by atoms with van der Waals surface area (Å²) >= 11 is 5.05. The molecule has 0 atom stereocenters. The van der Waals surface area contributed by atoms with Crippen molar-refractivity contribution in [1.82, 2.24) is 14.9 Å². The predicted molar refractivity (Wildman–Crippen MR) is 69.2 cm³/mol. The molecular formula is C11H12BrN3S. The molecule has 0 aliphatic rings. The maximum absolute atomic E-state index is 4.27. The first-order chi connectivity index (χ1) is 7.74. The van der Waals surface area contributed by atoms with Crippen LogP contribution in [-0.4, -0.2) is 21.9 Å². The van der Waals surface area contributed by atoms with E-state index in [1.807, 2.05) is 11.7 Å². The third-order valence-corrected chi connectivity index (χ3v) is 3.20. The Morgan fingerprint density at radius 3 is 2.94 bits per heavy atom. The van der Waals surface area contributed by atoms with Crippen LogP contribution in [0.2, 0.25) is 0 Å². The summed E-state index contributed by atoms with van der Waals surface area (Å²) in [5.41, 5.74) is 4.19. The number of nitrogens with zero attached hydrogens (tertiary/aromatic N) is 3. The van der Waals surface area contributed by atoms with Gasteiger partial charge in [-0.15, -0.1) is 11.3 Å². The van der Waals surface area contributed by atoms with Gasteiger partial charge >= 0.3 is 0 Å². The van der Waals surface area contributed by atoms with E-state index < -0.39 is 0 Å². The van der Waals surface area contributed by atoms with Crippen molar-refractivity contribution in [2.45, 2.75) is 13.1 Å². The van der Waals surface area contributed by atoms with Crippen LogP contribution in [0.4, 0.5) is 0 Å². The average Bonchev–Trinajstić information content (AvgIpc) is 2.70. The zero-order valence-corrected chi connectivity index (χ0v) is 11.3. The smallest absolute Gasteiger partial charge is 0.0795 e. The summed E-state index contributed by atoms with van der Waals surface area (Å²) in [6, 6.07) is 2.09. The van der Waals surface area contributed by atoms with E-state index in [0.29, 0.717) is 0 Å². The molecule has 0 saturated heterocycles. The molecule has 3 nitrogen and oxygen atoms in total. The van der Waals surface area contributed by atoms with Crippen molar-refractivity contribution in [2.24, 2.45) is 0 Å². The van der Waals surface area contributed by atoms with Crippen molar-refractivity contribution < 1.29 is 0 Å². The lowest BCUT2D eigenvalue weighted by Crippen LogP contribution is -2.17. The Balaban J connectivity index is 1.94. The number of hydrogen-bond acceptors (Lipinski definition) is 4. The van der Waals surface area contributed by atoms with Crippen molar-refractivity contribution in [3.63, 3.8) is 0 Å². The second-order valence-corrected chi connectivity index (χ2v) is 5.30. The maximum atomic E-state index is 4.27. The Morgan fingerprint density at radius 1 is 1.38 bits per heavy atom. The van der Waals surface area contributed by atoms with Gasteiger partial charge in [0.2, 0.25) is 0 Å². The van der Waals surface area contributed by atoms with Crippen molar-refractivity contribution in [3.8, 4) is 0 Å². The molecule has 0 saturated carbocycles. The van der Waals surface area contributed by atoms with Crippen molar-refractivity contribution in [3.05, 3.63) is 45.1 Å². The Morgan fingerprint density at radius 2 is 2.25 bits per heavy atom. The number of rotatable bonds is 4. The van der Waals surface area contributed by atoms with E-state index in [4.69, 9.17) is 0 Å². The van der Waals surface area contributed by atoms with Gasteiger partial charge in [-0.05, 0) is 34.6 Å². The lowest BCUT2D eigenvalue weighted by atomic mass is 10.2. The third kappa shape index (κ3) is 3.37. The maximum Gasteiger partial charge on any atom is 0.0795 e. The molecule has 0 spiro atoms. The summed E-state index contributed by atoms with van der Waals surface area (Å²) in [4.78, 5) is 10.6. The molecule has 2 heterocycles. The van der Waals surface area contributed by atoms with Gasteiger partial charge in [0.15, 0.2) is 0 Å². The van der Waals surface area contributed by atoms with Gasteiger partial charge in [0.1, 0.15) is 0 Å². The highest BCUT2D eigenvalue weighted by atomic mass is 79.9. The molecule has 0 N–H and O–H groups in total. The first-order valence-electron chi connectivity index (χ1n) is 4.89. The molecule has 0 amide bonds. The molecule has 0 fully saturated rings. The molecule has 0 radical (unpaired) electrons. The Bertz CT molecular complexity index is 444. The van der Waals surface area contributed by atoms with Crippen molar-refractivity contribution >= 4 is 27.3 Å². The van der Waals surface area contributed by atoms with Gasteiger partial charge in [-0.1, -0.05) is 0 Å². The van der Waals surface area contributed by atoms with E-state index in [0.717, 1.165) is 23.3 Å². The normalized spacial score (nSPS) is 10.9. The molecular weight excluding hydrogens is 286 g/mol. The summed E-state index contributed by atoms with van der Waals surface area (Å²) in [5.74, 6) is 0. The van der Waals surface area contributed by atoms with E-state index in [9.17, 15) is 0 Å². The standard InChI is InChI=1S/C11H12BrN3S/c1-15(6-11-7-16-8-14-11)5-9-2-10(12)4-13-3-9/h2-4,7-8H,5-6H2,1H3. The minimum atomic E-state index is 0.871. The lowest BCUT2D eigenvalue weighted by Gasteiger charge is -2.15. The van der Waals surface area contributed by atoms with Gasteiger partial charge in [-0.3, -0.25) is 9.88 Å². The third-order valence-electron chi connectivity index (χ3n) is 2.13. The zero-order chi connectivity index (χ0) is 11.4. The molecule has 2 aromatic rings. The van der Waals surface area contributed by atoms with Crippen LogP contribution in [0.15, 0.2) is 33.8 Å². The zero-order valence-electron chi connectivity index (χ0n) is 8.93. The largest absolute Gasteiger partial charge is 0.296 e. The molecule has 0 unspecified atom stereocenters. The van der Waals surface area contributed by atoms with Crippen LogP contribution in [0.5, 0.6) is 0 Å². The number of halogens is 1. The Kier molecular flexibility index (Phi) is 4.04. The molecule has 5 heteroatoms. The summed E-state index contributed by atoms with van der Waals surface area (Å²) in [6.45, 7) is 1.75. The monoisotopic (exact) mass is 297 g/mol. The fraction of sp³-hybridized carbons (Fsp3) is 0.273. The van der Waals surface area contributed by atoms with Crippen LogP contribution < -0.4 is 0 Å². The Hall–Kier alpha value is -0.780. The van der Waals surface area contributed by atoms with Crippen LogP contribution in [-0.2, 0) is 13.1 Å². The van der Waals surface area contributed by atoms with E-state index >= 15 is 0 Å². The second-order valence-electron chi connectivity index (χ2n) is 3.66. The number of thiazole rings is 1. The van der Waals surface area contributed by atoms with Gasteiger partial charge in [0, 0.05) is 35.3 Å². The highest BCUT2D eigenvalue weighted by molar-refractivity contribution is 9.10. The van der Waals surface area contributed by atoms with Crippen LogP contribution in [0.1, 0.15) is 11.3 Å². The molecule has 84 valence electrons. The minimum absolute atomic E-state index is 0.871. The Labute approximate surface area is 107 Å². The molecule has 0 bridgehead atoms.